The van der Waals surface area contributed by atoms with E-state index in [1.165, 1.54) is 77.2 Å². The average Bonchev–Trinajstić information content (AvgIpc) is 3.64. The van der Waals surface area contributed by atoms with Gasteiger partial charge in [0.05, 0.1) is 22.1 Å². The van der Waals surface area contributed by atoms with Crippen molar-refractivity contribution in [2.45, 2.75) is 65.2 Å². The van der Waals surface area contributed by atoms with Gasteiger partial charge in [-0.05, 0) is 107 Å². The number of para-hydroxylation sites is 2. The zero-order valence-corrected chi connectivity index (χ0v) is 29.0. The summed E-state index contributed by atoms with van der Waals surface area (Å²) in [4.78, 5) is 0. The number of benzene rings is 6. The first kappa shape index (κ1) is 30.3. The Kier molecular flexibility index (Phi) is 7.11. The molecular weight excluding hydrogens is 581 g/mol. The molecule has 0 amide bonds. The maximum atomic E-state index is 2.43. The Labute approximate surface area is 284 Å². The van der Waals surface area contributed by atoms with Gasteiger partial charge in [0.2, 0.25) is 0 Å². The van der Waals surface area contributed by atoms with Gasteiger partial charge >= 0.3 is 0 Å². The minimum Gasteiger partial charge on any atom is -0.309 e. The standard InChI is InChI=1S/C46H44N2/c1-7-45(3,4)33-23-25-43-39(29-33)37-19-9-11-21-41(37)47(43)35-17-13-15-31(27-35)32-16-14-18-36(28-32)48-42-22-12-10-20-38(42)40-30-34(24-26-44(40)48)46(5,6)8-2/h9-30H,7-8H2,1-6H3. The number of fused-ring (bicyclic) bond motifs is 6. The van der Waals surface area contributed by atoms with Crippen molar-refractivity contribution in [3.8, 4) is 22.5 Å². The van der Waals surface area contributed by atoms with Crippen molar-refractivity contribution in [3.63, 3.8) is 0 Å². The molecule has 0 aliphatic carbocycles. The lowest BCUT2D eigenvalue weighted by Crippen LogP contribution is -2.15. The Morgan fingerprint density at radius 3 is 1.21 bits per heavy atom. The number of nitrogens with zero attached hydrogens (tertiary/aromatic N) is 2. The van der Waals surface area contributed by atoms with Crippen molar-refractivity contribution in [2.75, 3.05) is 0 Å². The molecule has 0 atom stereocenters. The Morgan fingerprint density at radius 2 is 0.792 bits per heavy atom. The first-order valence-electron chi connectivity index (χ1n) is 17.5. The molecular formula is C46H44N2. The zero-order valence-electron chi connectivity index (χ0n) is 29.0. The number of hydrogen-bond acceptors (Lipinski definition) is 0. The molecule has 0 saturated carbocycles. The van der Waals surface area contributed by atoms with Crippen LogP contribution in [0.5, 0.6) is 0 Å². The van der Waals surface area contributed by atoms with Crippen LogP contribution in [0.4, 0.5) is 0 Å². The van der Waals surface area contributed by atoms with Crippen LogP contribution in [0.3, 0.4) is 0 Å². The normalized spacial score (nSPS) is 12.5. The summed E-state index contributed by atoms with van der Waals surface area (Å²) in [6, 6.07) is 49.9. The lowest BCUT2D eigenvalue weighted by Gasteiger charge is -2.23. The van der Waals surface area contributed by atoms with E-state index in [2.05, 4.69) is 184 Å². The van der Waals surface area contributed by atoms with E-state index in [0.29, 0.717) is 0 Å². The van der Waals surface area contributed by atoms with Crippen LogP contribution in [-0.2, 0) is 10.8 Å². The zero-order chi connectivity index (χ0) is 33.2. The topological polar surface area (TPSA) is 9.86 Å². The summed E-state index contributed by atoms with van der Waals surface area (Å²) in [5, 5.41) is 5.22. The molecule has 8 aromatic rings. The SMILES string of the molecule is CCC(C)(C)c1ccc2c(c1)c1ccccc1n2-c1cccc(-c2cccc(-n3c4ccccc4c4cc(C(C)(C)CC)ccc43)c2)c1. The first-order valence-corrected chi connectivity index (χ1v) is 17.5. The van der Waals surface area contributed by atoms with Crippen LogP contribution >= 0.6 is 0 Å². The summed E-state index contributed by atoms with van der Waals surface area (Å²) >= 11 is 0. The second-order valence-corrected chi connectivity index (χ2v) is 14.7. The van der Waals surface area contributed by atoms with Gasteiger partial charge in [0.15, 0.2) is 0 Å². The summed E-state index contributed by atoms with van der Waals surface area (Å²) in [6.07, 6.45) is 2.20. The maximum absolute atomic E-state index is 2.43. The van der Waals surface area contributed by atoms with E-state index >= 15 is 0 Å². The van der Waals surface area contributed by atoms with E-state index in [9.17, 15) is 0 Å². The number of hydrogen-bond donors (Lipinski definition) is 0. The van der Waals surface area contributed by atoms with Gasteiger partial charge in [-0.15, -0.1) is 0 Å². The van der Waals surface area contributed by atoms with E-state index in [0.717, 1.165) is 12.8 Å². The van der Waals surface area contributed by atoms with Crippen LogP contribution in [0.15, 0.2) is 133 Å². The molecule has 48 heavy (non-hydrogen) atoms. The molecule has 2 heterocycles. The molecule has 2 nitrogen and oxygen atoms in total. The van der Waals surface area contributed by atoms with Crippen molar-refractivity contribution in [1.82, 2.24) is 9.13 Å². The molecule has 0 fully saturated rings. The molecule has 0 aliphatic rings. The Morgan fingerprint density at radius 1 is 0.396 bits per heavy atom. The largest absolute Gasteiger partial charge is 0.309 e. The highest BCUT2D eigenvalue weighted by atomic mass is 15.0. The Bertz CT molecular complexity index is 2310. The second kappa shape index (κ2) is 11.3. The van der Waals surface area contributed by atoms with E-state index in [4.69, 9.17) is 0 Å². The predicted molar refractivity (Wildman–Crippen MR) is 207 cm³/mol. The molecule has 0 unspecified atom stereocenters. The van der Waals surface area contributed by atoms with E-state index in [1.807, 2.05) is 0 Å². The Hall–Kier alpha value is -5.08. The van der Waals surface area contributed by atoms with Crippen molar-refractivity contribution in [1.29, 1.82) is 0 Å². The molecule has 0 radical (unpaired) electrons. The summed E-state index contributed by atoms with van der Waals surface area (Å²) in [5.41, 5.74) is 12.8. The van der Waals surface area contributed by atoms with Crippen molar-refractivity contribution >= 4 is 43.6 Å². The summed E-state index contributed by atoms with van der Waals surface area (Å²) in [6.45, 7) is 13.9. The van der Waals surface area contributed by atoms with Gasteiger partial charge in [0, 0.05) is 32.9 Å². The molecule has 8 rings (SSSR count). The highest BCUT2D eigenvalue weighted by molar-refractivity contribution is 6.10. The van der Waals surface area contributed by atoms with Crippen LogP contribution in [0.25, 0.3) is 66.1 Å². The van der Waals surface area contributed by atoms with Gasteiger partial charge in [-0.3, -0.25) is 0 Å². The smallest absolute Gasteiger partial charge is 0.0541 e. The fourth-order valence-corrected chi connectivity index (χ4v) is 7.40. The monoisotopic (exact) mass is 624 g/mol. The van der Waals surface area contributed by atoms with Crippen LogP contribution in [-0.4, -0.2) is 9.13 Å². The van der Waals surface area contributed by atoms with Crippen LogP contribution in [0.2, 0.25) is 0 Å². The molecule has 238 valence electrons. The van der Waals surface area contributed by atoms with Gasteiger partial charge in [-0.25, -0.2) is 0 Å². The summed E-state index contributed by atoms with van der Waals surface area (Å²) in [7, 11) is 0. The fourth-order valence-electron chi connectivity index (χ4n) is 7.40. The minimum absolute atomic E-state index is 0.132. The third-order valence-electron chi connectivity index (χ3n) is 11.2. The molecule has 0 aliphatic heterocycles. The lowest BCUT2D eigenvalue weighted by atomic mass is 9.82. The van der Waals surface area contributed by atoms with Gasteiger partial charge in [0.1, 0.15) is 0 Å². The molecule has 2 aromatic heterocycles. The number of aromatic nitrogens is 2. The molecule has 0 N–H and O–H groups in total. The van der Waals surface area contributed by atoms with Crippen LogP contribution in [0, 0.1) is 0 Å². The van der Waals surface area contributed by atoms with Gasteiger partial charge in [-0.1, -0.05) is 114 Å². The highest BCUT2D eigenvalue weighted by Gasteiger charge is 2.22. The average molecular weight is 625 g/mol. The highest BCUT2D eigenvalue weighted by Crippen LogP contribution is 2.39. The van der Waals surface area contributed by atoms with Gasteiger partial charge in [-0.2, -0.15) is 0 Å². The van der Waals surface area contributed by atoms with Crippen molar-refractivity contribution in [3.05, 3.63) is 145 Å². The Balaban J connectivity index is 1.27. The molecule has 0 saturated heterocycles. The lowest BCUT2D eigenvalue weighted by molar-refractivity contribution is 0.507. The molecule has 6 aromatic carbocycles. The van der Waals surface area contributed by atoms with E-state index in [-0.39, 0.29) is 10.8 Å². The summed E-state index contributed by atoms with van der Waals surface area (Å²) in [5.74, 6) is 0. The quantitative estimate of drug-likeness (QED) is 0.167. The first-order chi connectivity index (χ1) is 23.2. The van der Waals surface area contributed by atoms with Crippen molar-refractivity contribution < 1.29 is 0 Å². The second-order valence-electron chi connectivity index (χ2n) is 14.7. The van der Waals surface area contributed by atoms with Gasteiger partial charge < -0.3 is 9.13 Å². The van der Waals surface area contributed by atoms with Crippen LogP contribution in [0.1, 0.15) is 65.5 Å². The number of rotatable bonds is 7. The molecule has 0 spiro atoms. The third kappa shape index (κ3) is 4.77. The minimum atomic E-state index is 0.132. The predicted octanol–water partition coefficient (Wildman–Crippen LogP) is 12.9. The summed E-state index contributed by atoms with van der Waals surface area (Å²) < 4.78 is 4.87. The van der Waals surface area contributed by atoms with Gasteiger partial charge in [0.25, 0.3) is 0 Å². The van der Waals surface area contributed by atoms with E-state index in [1.54, 1.807) is 0 Å². The van der Waals surface area contributed by atoms with Crippen LogP contribution < -0.4 is 0 Å². The van der Waals surface area contributed by atoms with Crippen molar-refractivity contribution in [2.24, 2.45) is 0 Å². The molecule has 2 heteroatoms. The van der Waals surface area contributed by atoms with E-state index < -0.39 is 0 Å². The molecule has 0 bridgehead atoms. The maximum Gasteiger partial charge on any atom is 0.0541 e. The fraction of sp³-hybridized carbons (Fsp3) is 0.217. The third-order valence-corrected chi connectivity index (χ3v) is 11.2.